The third kappa shape index (κ3) is 7.08. The number of aromatic amines is 1. The summed E-state index contributed by atoms with van der Waals surface area (Å²) >= 11 is 0. The van der Waals surface area contributed by atoms with Crippen LogP contribution < -0.4 is 5.32 Å². The van der Waals surface area contributed by atoms with Crippen LogP contribution in [0.15, 0.2) is 0 Å². The standard InChI is InChI=1S/C16H26N4O6/c1-15(2,3)13(23)25-8-11-9(18-20-19-11)7-10(12(21)22)17-14(24)26-16(4,5)6/h10H,7-8H2,1-6H3,(H,17,24)(H,21,22)(H,18,19,20)/t10-/m0/s1. The van der Waals surface area contributed by atoms with Crippen LogP contribution in [0.25, 0.3) is 0 Å². The molecule has 0 spiro atoms. The molecule has 146 valence electrons. The second-order valence-corrected chi connectivity index (χ2v) is 7.80. The van der Waals surface area contributed by atoms with Crippen LogP contribution in [0.5, 0.6) is 0 Å². The maximum absolute atomic E-state index is 11.8. The van der Waals surface area contributed by atoms with Gasteiger partial charge in [-0.15, -0.1) is 5.10 Å². The minimum Gasteiger partial charge on any atom is -0.480 e. The van der Waals surface area contributed by atoms with Gasteiger partial charge >= 0.3 is 18.0 Å². The maximum Gasteiger partial charge on any atom is 0.408 e. The van der Waals surface area contributed by atoms with Gasteiger partial charge in [0, 0.05) is 6.42 Å². The number of nitrogens with zero attached hydrogens (tertiary/aromatic N) is 2. The predicted molar refractivity (Wildman–Crippen MR) is 90.1 cm³/mol. The van der Waals surface area contributed by atoms with Crippen molar-refractivity contribution in [3.05, 3.63) is 11.4 Å². The van der Waals surface area contributed by atoms with Crippen molar-refractivity contribution in [1.29, 1.82) is 0 Å². The first-order chi connectivity index (χ1) is 11.8. The molecule has 3 N–H and O–H groups in total. The number of hydrogen-bond donors (Lipinski definition) is 3. The molecule has 0 saturated carbocycles. The van der Waals surface area contributed by atoms with E-state index in [1.54, 1.807) is 41.5 Å². The normalized spacial score (nSPS) is 13.0. The molecular formula is C16H26N4O6. The Bertz CT molecular complexity index is 656. The van der Waals surface area contributed by atoms with Crippen LogP contribution in [-0.4, -0.2) is 50.2 Å². The lowest BCUT2D eigenvalue weighted by atomic mass is 9.97. The largest absolute Gasteiger partial charge is 0.480 e. The molecule has 0 aliphatic carbocycles. The zero-order chi connectivity index (χ0) is 20.1. The average molecular weight is 370 g/mol. The number of ether oxygens (including phenoxy) is 2. The van der Waals surface area contributed by atoms with Gasteiger partial charge in [-0.05, 0) is 41.5 Å². The van der Waals surface area contributed by atoms with Gasteiger partial charge in [0.1, 0.15) is 18.2 Å². The highest BCUT2D eigenvalue weighted by Gasteiger charge is 2.27. The van der Waals surface area contributed by atoms with E-state index >= 15 is 0 Å². The third-order valence-electron chi connectivity index (χ3n) is 3.05. The van der Waals surface area contributed by atoms with Crippen molar-refractivity contribution < 1.29 is 29.0 Å². The minimum absolute atomic E-state index is 0.128. The Morgan fingerprint density at radius 1 is 1.19 bits per heavy atom. The Kier molecular flexibility index (Phi) is 6.71. The van der Waals surface area contributed by atoms with Crippen molar-refractivity contribution in [1.82, 2.24) is 20.7 Å². The second kappa shape index (κ2) is 8.15. The summed E-state index contributed by atoms with van der Waals surface area (Å²) in [7, 11) is 0. The highest BCUT2D eigenvalue weighted by molar-refractivity contribution is 5.80. The quantitative estimate of drug-likeness (QED) is 0.638. The van der Waals surface area contributed by atoms with E-state index in [2.05, 4.69) is 20.7 Å². The van der Waals surface area contributed by atoms with Crippen molar-refractivity contribution in [3.8, 4) is 0 Å². The number of hydrogen-bond acceptors (Lipinski definition) is 7. The summed E-state index contributed by atoms with van der Waals surface area (Å²) in [5.74, 6) is -1.67. The summed E-state index contributed by atoms with van der Waals surface area (Å²) < 4.78 is 10.2. The van der Waals surface area contributed by atoms with Crippen molar-refractivity contribution in [3.63, 3.8) is 0 Å². The number of carboxylic acid groups (broad SMARTS) is 1. The second-order valence-electron chi connectivity index (χ2n) is 7.80. The van der Waals surface area contributed by atoms with Gasteiger partial charge in [-0.2, -0.15) is 0 Å². The SMILES string of the molecule is CC(C)(C)OC(=O)N[C@@H](Cc1nn[nH]c1COC(=O)C(C)(C)C)C(=O)O. The summed E-state index contributed by atoms with van der Waals surface area (Å²) in [6, 6.07) is -1.27. The maximum atomic E-state index is 11.8. The number of carbonyl (C=O) groups excluding carboxylic acids is 2. The summed E-state index contributed by atoms with van der Waals surface area (Å²) in [6.07, 6.45) is -0.998. The third-order valence-corrected chi connectivity index (χ3v) is 3.05. The molecule has 1 heterocycles. The molecule has 0 unspecified atom stereocenters. The van der Waals surface area contributed by atoms with Crippen LogP contribution in [0, 0.1) is 5.41 Å². The molecule has 0 bridgehead atoms. The van der Waals surface area contributed by atoms with Crippen LogP contribution in [0.4, 0.5) is 4.79 Å². The molecule has 0 aliphatic heterocycles. The van der Waals surface area contributed by atoms with E-state index in [-0.39, 0.29) is 18.7 Å². The number of rotatable bonds is 6. The first-order valence-corrected chi connectivity index (χ1v) is 8.08. The van der Waals surface area contributed by atoms with Gasteiger partial charge in [-0.3, -0.25) is 9.89 Å². The number of amides is 1. The topological polar surface area (TPSA) is 144 Å². The lowest BCUT2D eigenvalue weighted by Gasteiger charge is -2.21. The fraction of sp³-hybridized carbons (Fsp3) is 0.688. The summed E-state index contributed by atoms with van der Waals surface area (Å²) in [5, 5.41) is 21.6. The number of carbonyl (C=O) groups is 3. The number of H-pyrrole nitrogens is 1. The molecule has 1 atom stereocenters. The number of carboxylic acids is 1. The summed E-state index contributed by atoms with van der Waals surface area (Å²) in [4.78, 5) is 35.1. The highest BCUT2D eigenvalue weighted by atomic mass is 16.6. The van der Waals surface area contributed by atoms with Gasteiger partial charge in [0.2, 0.25) is 0 Å². The van der Waals surface area contributed by atoms with Gasteiger partial charge in [0.25, 0.3) is 0 Å². The number of alkyl carbamates (subject to hydrolysis) is 1. The highest BCUT2D eigenvalue weighted by Crippen LogP contribution is 2.17. The van der Waals surface area contributed by atoms with Crippen LogP contribution in [-0.2, 0) is 32.1 Å². The molecular weight excluding hydrogens is 344 g/mol. The Morgan fingerprint density at radius 2 is 1.81 bits per heavy atom. The lowest BCUT2D eigenvalue weighted by Crippen LogP contribution is -2.44. The molecule has 1 aromatic rings. The van der Waals surface area contributed by atoms with Crippen LogP contribution in [0.1, 0.15) is 52.9 Å². The zero-order valence-electron chi connectivity index (χ0n) is 15.9. The Morgan fingerprint density at radius 3 is 2.31 bits per heavy atom. The van der Waals surface area contributed by atoms with Crippen LogP contribution in [0.2, 0.25) is 0 Å². The van der Waals surface area contributed by atoms with Gasteiger partial charge in [0.05, 0.1) is 16.8 Å². The van der Waals surface area contributed by atoms with Gasteiger partial charge in [-0.25, -0.2) is 9.59 Å². The van der Waals surface area contributed by atoms with E-state index < -0.39 is 35.1 Å². The van der Waals surface area contributed by atoms with Crippen molar-refractivity contribution >= 4 is 18.0 Å². The molecule has 1 rings (SSSR count). The predicted octanol–water partition coefficient (Wildman–Crippen LogP) is 1.41. The molecule has 10 nitrogen and oxygen atoms in total. The Hall–Kier alpha value is -2.65. The molecule has 0 aliphatic rings. The van der Waals surface area contributed by atoms with E-state index in [0.717, 1.165) is 0 Å². The smallest absolute Gasteiger partial charge is 0.408 e. The Balaban J connectivity index is 2.76. The fourth-order valence-electron chi connectivity index (χ4n) is 1.75. The number of aliphatic carboxylic acids is 1. The van der Waals surface area contributed by atoms with E-state index in [1.807, 2.05) is 0 Å². The zero-order valence-corrected chi connectivity index (χ0v) is 15.9. The van der Waals surface area contributed by atoms with Crippen molar-refractivity contribution in [2.45, 2.75) is 66.2 Å². The minimum atomic E-state index is -1.27. The Labute approximate surface area is 151 Å². The molecule has 0 radical (unpaired) electrons. The monoisotopic (exact) mass is 370 g/mol. The van der Waals surface area contributed by atoms with Gasteiger partial charge < -0.3 is 19.9 Å². The molecule has 10 heteroatoms. The lowest BCUT2D eigenvalue weighted by molar-refractivity contribution is -0.154. The van der Waals surface area contributed by atoms with Crippen LogP contribution in [0.3, 0.4) is 0 Å². The van der Waals surface area contributed by atoms with E-state index in [0.29, 0.717) is 5.69 Å². The number of esters is 1. The molecule has 1 aromatic heterocycles. The molecule has 26 heavy (non-hydrogen) atoms. The first kappa shape index (κ1) is 21.4. The van der Waals surface area contributed by atoms with E-state index in [1.165, 1.54) is 0 Å². The van der Waals surface area contributed by atoms with Gasteiger partial charge in [-0.1, -0.05) is 5.21 Å². The number of aromatic nitrogens is 3. The summed E-state index contributed by atoms with van der Waals surface area (Å²) in [5.41, 5.74) is -0.793. The van der Waals surface area contributed by atoms with Crippen LogP contribution >= 0.6 is 0 Å². The molecule has 0 fully saturated rings. The fourth-order valence-corrected chi connectivity index (χ4v) is 1.75. The van der Waals surface area contributed by atoms with E-state index in [9.17, 15) is 19.5 Å². The molecule has 0 saturated heterocycles. The first-order valence-electron chi connectivity index (χ1n) is 8.08. The average Bonchev–Trinajstić information content (AvgIpc) is 2.88. The van der Waals surface area contributed by atoms with Gasteiger partial charge in [0.15, 0.2) is 0 Å². The van der Waals surface area contributed by atoms with E-state index in [4.69, 9.17) is 9.47 Å². The number of nitrogens with one attached hydrogen (secondary N) is 2. The molecule has 0 aromatic carbocycles. The van der Waals surface area contributed by atoms with Crippen molar-refractivity contribution in [2.24, 2.45) is 5.41 Å². The van der Waals surface area contributed by atoms with Crippen molar-refractivity contribution in [2.75, 3.05) is 0 Å². The molecule has 1 amide bonds. The summed E-state index contributed by atoms with van der Waals surface area (Å²) in [6.45, 7) is 10.0.